The van der Waals surface area contributed by atoms with Gasteiger partial charge in [-0.1, -0.05) is 0 Å². The molecule has 0 saturated heterocycles. The predicted molar refractivity (Wildman–Crippen MR) is 66.8 cm³/mol. The van der Waals surface area contributed by atoms with Crippen LogP contribution in [0.25, 0.3) is 0 Å². The highest BCUT2D eigenvalue weighted by atomic mass is 31.2. The van der Waals surface area contributed by atoms with Gasteiger partial charge >= 0.3 is 0 Å². The highest BCUT2D eigenvalue weighted by Crippen LogP contribution is 2.37. The van der Waals surface area contributed by atoms with Crippen LogP contribution in [-0.4, -0.2) is 17.8 Å². The van der Waals surface area contributed by atoms with Crippen molar-refractivity contribution in [3.63, 3.8) is 0 Å². The lowest BCUT2D eigenvalue weighted by Crippen LogP contribution is -2.28. The van der Waals surface area contributed by atoms with Crippen molar-refractivity contribution >= 4 is 7.82 Å². The third-order valence-electron chi connectivity index (χ3n) is 2.05. The first-order valence-corrected chi connectivity index (χ1v) is 7.60. The molecular weight excluding hydrogens is 255 g/mol. The van der Waals surface area contributed by atoms with E-state index in [1.165, 1.54) is 0 Å². The van der Waals surface area contributed by atoms with Gasteiger partial charge in [0.25, 0.3) is 7.82 Å². The summed E-state index contributed by atoms with van der Waals surface area (Å²) in [6.45, 7) is 9.83. The van der Waals surface area contributed by atoms with Gasteiger partial charge in [-0.3, -0.25) is 4.57 Å². The third kappa shape index (κ3) is 7.61. The van der Waals surface area contributed by atoms with Gasteiger partial charge in [-0.05, 0) is 27.7 Å². The van der Waals surface area contributed by atoms with E-state index in [1.54, 1.807) is 13.8 Å². The fourth-order valence-electron chi connectivity index (χ4n) is 1.17. The van der Waals surface area contributed by atoms with Gasteiger partial charge in [0.05, 0.1) is 26.3 Å². The Bertz CT molecular complexity index is 339. The van der Waals surface area contributed by atoms with Crippen LogP contribution in [-0.2, 0) is 26.7 Å². The molecule has 0 unspecified atom stereocenters. The number of imidazole rings is 1. The van der Waals surface area contributed by atoms with E-state index < -0.39 is 7.82 Å². The van der Waals surface area contributed by atoms with Crippen LogP contribution >= 0.6 is 7.82 Å². The van der Waals surface area contributed by atoms with Crippen LogP contribution in [0.3, 0.4) is 0 Å². The molecule has 0 aliphatic rings. The Morgan fingerprint density at radius 1 is 1.22 bits per heavy atom. The van der Waals surface area contributed by atoms with Crippen LogP contribution in [0, 0.1) is 0 Å². The normalized spacial score (nSPS) is 10.9. The van der Waals surface area contributed by atoms with Crippen molar-refractivity contribution in [3.05, 3.63) is 18.7 Å². The number of rotatable bonds is 6. The molecule has 0 radical (unpaired) electrons. The van der Waals surface area contributed by atoms with Gasteiger partial charge in [0.2, 0.25) is 6.33 Å². The SMILES string of the molecule is CCOP(=O)([O-])OCC.CCn1cc[n+](CC)c1. The highest BCUT2D eigenvalue weighted by Gasteiger charge is 2.04. The van der Waals surface area contributed by atoms with E-state index in [-0.39, 0.29) is 13.2 Å². The first kappa shape index (κ1) is 17.3. The Morgan fingerprint density at radius 3 is 2.06 bits per heavy atom. The average molecular weight is 278 g/mol. The van der Waals surface area contributed by atoms with Crippen LogP contribution in [0.4, 0.5) is 0 Å². The molecule has 0 fully saturated rings. The summed E-state index contributed by atoms with van der Waals surface area (Å²) in [5, 5.41) is 0. The molecule has 1 rings (SSSR count). The maximum atomic E-state index is 10.4. The molecule has 0 aliphatic carbocycles. The summed E-state index contributed by atoms with van der Waals surface area (Å²) in [5.41, 5.74) is 0. The standard InChI is InChI=1S/C7H13N2.C4H11O4P/c1-3-8-5-6-9(4-2)7-8;1-3-7-9(5,6)8-4-2/h5-7H,3-4H2,1-2H3;3-4H2,1-2H3,(H,5,6)/q+1;/p-1. The molecule has 0 atom stereocenters. The molecule has 0 spiro atoms. The van der Waals surface area contributed by atoms with Crippen molar-refractivity contribution in [3.8, 4) is 0 Å². The zero-order chi connectivity index (χ0) is 14.0. The molecular formula is C11H23N2O4P. The van der Waals surface area contributed by atoms with Gasteiger partial charge < -0.3 is 13.9 Å². The minimum absolute atomic E-state index is 0.126. The predicted octanol–water partition coefficient (Wildman–Crippen LogP) is 1.34. The van der Waals surface area contributed by atoms with E-state index in [4.69, 9.17) is 0 Å². The van der Waals surface area contributed by atoms with E-state index in [2.05, 4.69) is 50.8 Å². The van der Waals surface area contributed by atoms with Crippen LogP contribution in [0.5, 0.6) is 0 Å². The van der Waals surface area contributed by atoms with Crippen molar-refractivity contribution in [2.24, 2.45) is 0 Å². The summed E-state index contributed by atoms with van der Waals surface area (Å²) in [4.78, 5) is 10.4. The minimum atomic E-state index is -3.94. The lowest BCUT2D eigenvalue weighted by Gasteiger charge is -2.20. The second-order valence-corrected chi connectivity index (χ2v) is 4.77. The molecule has 1 aromatic heterocycles. The van der Waals surface area contributed by atoms with Crippen LogP contribution in [0.2, 0.25) is 0 Å². The first-order valence-electron chi connectivity index (χ1n) is 6.13. The third-order valence-corrected chi connectivity index (χ3v) is 3.20. The number of aryl methyl sites for hydroxylation is 2. The quantitative estimate of drug-likeness (QED) is 0.582. The molecule has 7 heteroatoms. The molecule has 106 valence electrons. The summed E-state index contributed by atoms with van der Waals surface area (Å²) >= 11 is 0. The number of phosphoric acid groups is 1. The Hall–Kier alpha value is -0.680. The monoisotopic (exact) mass is 278 g/mol. The Kier molecular flexibility index (Phi) is 8.93. The largest absolute Gasteiger partial charge is 0.756 e. The highest BCUT2D eigenvalue weighted by molar-refractivity contribution is 7.45. The molecule has 0 saturated carbocycles. The molecule has 0 bridgehead atoms. The summed E-state index contributed by atoms with van der Waals surface area (Å²) in [5.74, 6) is 0. The first-order chi connectivity index (χ1) is 8.49. The van der Waals surface area contributed by atoms with Crippen LogP contribution < -0.4 is 9.46 Å². The maximum Gasteiger partial charge on any atom is 0.267 e. The van der Waals surface area contributed by atoms with Gasteiger partial charge in [-0.2, -0.15) is 0 Å². The zero-order valence-electron chi connectivity index (χ0n) is 11.5. The van der Waals surface area contributed by atoms with Gasteiger partial charge in [0, 0.05) is 0 Å². The smallest absolute Gasteiger partial charge is 0.267 e. The van der Waals surface area contributed by atoms with Gasteiger partial charge in [0.1, 0.15) is 12.4 Å². The van der Waals surface area contributed by atoms with E-state index in [0.29, 0.717) is 0 Å². The van der Waals surface area contributed by atoms with Crippen molar-refractivity contribution < 1.29 is 23.1 Å². The molecule has 0 aromatic carbocycles. The van der Waals surface area contributed by atoms with Crippen molar-refractivity contribution in [1.82, 2.24) is 4.57 Å². The zero-order valence-corrected chi connectivity index (χ0v) is 12.4. The average Bonchev–Trinajstić information content (AvgIpc) is 2.77. The minimum Gasteiger partial charge on any atom is -0.756 e. The van der Waals surface area contributed by atoms with E-state index >= 15 is 0 Å². The van der Waals surface area contributed by atoms with Crippen LogP contribution in [0.15, 0.2) is 18.7 Å². The van der Waals surface area contributed by atoms with Gasteiger partial charge in [0.15, 0.2) is 0 Å². The lowest BCUT2D eigenvalue weighted by atomic mass is 10.7. The Labute approximate surface area is 109 Å². The second kappa shape index (κ2) is 9.28. The Balaban J connectivity index is 0.000000321. The number of aromatic nitrogens is 2. The number of hydrogen-bond acceptors (Lipinski definition) is 4. The summed E-state index contributed by atoms with van der Waals surface area (Å²) in [6, 6.07) is 0. The topological polar surface area (TPSA) is 67.4 Å². The summed E-state index contributed by atoms with van der Waals surface area (Å²) in [6.07, 6.45) is 6.28. The van der Waals surface area contributed by atoms with Crippen molar-refractivity contribution in [2.75, 3.05) is 13.2 Å². The van der Waals surface area contributed by atoms with E-state index in [9.17, 15) is 9.46 Å². The molecule has 1 aromatic rings. The summed E-state index contributed by atoms with van der Waals surface area (Å²) in [7, 11) is -3.94. The van der Waals surface area contributed by atoms with Crippen molar-refractivity contribution in [1.29, 1.82) is 0 Å². The second-order valence-electron chi connectivity index (χ2n) is 3.36. The lowest BCUT2D eigenvalue weighted by molar-refractivity contribution is -0.693. The fourth-order valence-corrected chi connectivity index (χ4v) is 1.87. The molecule has 6 nitrogen and oxygen atoms in total. The maximum absolute atomic E-state index is 10.4. The fraction of sp³-hybridized carbons (Fsp3) is 0.727. The molecule has 1 heterocycles. The molecule has 0 N–H and O–H groups in total. The number of nitrogens with zero attached hydrogens (tertiary/aromatic N) is 2. The molecule has 18 heavy (non-hydrogen) atoms. The van der Waals surface area contributed by atoms with Gasteiger partial charge in [-0.15, -0.1) is 0 Å². The Morgan fingerprint density at radius 2 is 1.78 bits per heavy atom. The van der Waals surface area contributed by atoms with Gasteiger partial charge in [-0.25, -0.2) is 9.13 Å². The molecule has 0 aliphatic heterocycles. The number of phosphoric ester groups is 1. The summed E-state index contributed by atoms with van der Waals surface area (Å²) < 4.78 is 23.2. The van der Waals surface area contributed by atoms with E-state index in [1.807, 2.05) is 0 Å². The van der Waals surface area contributed by atoms with E-state index in [0.717, 1.165) is 13.1 Å². The molecule has 0 amide bonds. The van der Waals surface area contributed by atoms with Crippen LogP contribution in [0.1, 0.15) is 27.7 Å². The van der Waals surface area contributed by atoms with Crippen molar-refractivity contribution in [2.45, 2.75) is 40.8 Å². The number of hydrogen-bond donors (Lipinski definition) is 0.